The summed E-state index contributed by atoms with van der Waals surface area (Å²) in [5.74, 6) is 1.95. The third-order valence-corrected chi connectivity index (χ3v) is 3.30. The normalized spacial score (nSPS) is 10.4. The molecule has 0 aliphatic carbocycles. The molecule has 0 bridgehead atoms. The van der Waals surface area contributed by atoms with Crippen LogP contribution in [0.1, 0.15) is 18.9 Å². The van der Waals surface area contributed by atoms with Crippen molar-refractivity contribution in [2.75, 3.05) is 18.1 Å². The highest BCUT2D eigenvalue weighted by atomic mass is 32.2. The van der Waals surface area contributed by atoms with Crippen molar-refractivity contribution in [1.82, 2.24) is 9.97 Å². The number of nitrogens with zero attached hydrogens (tertiary/aromatic N) is 2. The Morgan fingerprint density at radius 1 is 1.24 bits per heavy atom. The van der Waals surface area contributed by atoms with Crippen molar-refractivity contribution in [2.45, 2.75) is 25.1 Å². The molecule has 0 atom stereocenters. The molecular weight excluding hydrogens is 286 g/mol. The van der Waals surface area contributed by atoms with Crippen molar-refractivity contribution in [1.29, 1.82) is 0 Å². The lowest BCUT2D eigenvalue weighted by molar-refractivity contribution is 0.281. The van der Waals surface area contributed by atoms with Gasteiger partial charge in [0.15, 0.2) is 5.16 Å². The van der Waals surface area contributed by atoms with Crippen molar-refractivity contribution >= 4 is 17.6 Å². The van der Waals surface area contributed by atoms with Gasteiger partial charge in [-0.25, -0.2) is 4.98 Å². The smallest absolute Gasteiger partial charge is 0.225 e. The van der Waals surface area contributed by atoms with Crippen LogP contribution in [0.2, 0.25) is 0 Å². The van der Waals surface area contributed by atoms with E-state index in [0.29, 0.717) is 16.8 Å². The molecule has 0 unspecified atom stereocenters. The lowest BCUT2D eigenvalue weighted by Crippen LogP contribution is -2.04. The average molecular weight is 305 g/mol. The maximum Gasteiger partial charge on any atom is 0.225 e. The Kier molecular flexibility index (Phi) is 5.83. The van der Waals surface area contributed by atoms with Gasteiger partial charge in [0.1, 0.15) is 11.6 Å². The Labute approximate surface area is 128 Å². The number of aliphatic hydroxyl groups is 1. The van der Waals surface area contributed by atoms with E-state index in [1.165, 1.54) is 11.8 Å². The molecule has 0 aliphatic rings. The predicted octanol–water partition coefficient (Wildman–Crippen LogP) is 3.31. The summed E-state index contributed by atoms with van der Waals surface area (Å²) < 4.78 is 5.75. The molecular formula is C15H19N3O2S. The Balaban J connectivity index is 2.16. The number of aromatic nitrogens is 2. The zero-order chi connectivity index (χ0) is 15.1. The summed E-state index contributed by atoms with van der Waals surface area (Å²) >= 11 is 1.47. The van der Waals surface area contributed by atoms with Gasteiger partial charge in [0, 0.05) is 12.6 Å². The molecule has 0 saturated heterocycles. The molecule has 0 aliphatic heterocycles. The minimum absolute atomic E-state index is 0.0233. The van der Waals surface area contributed by atoms with E-state index in [0.717, 1.165) is 24.3 Å². The Hall–Kier alpha value is -1.79. The lowest BCUT2D eigenvalue weighted by atomic mass is 10.2. The molecule has 21 heavy (non-hydrogen) atoms. The first-order valence-electron chi connectivity index (χ1n) is 6.79. The molecule has 2 aromatic rings. The molecule has 2 N–H and O–H groups in total. The molecule has 0 amide bonds. The van der Waals surface area contributed by atoms with E-state index in [1.54, 1.807) is 6.07 Å². The number of rotatable bonds is 7. The van der Waals surface area contributed by atoms with E-state index in [-0.39, 0.29) is 6.61 Å². The number of aliphatic hydroxyl groups excluding tert-OH is 1. The first kappa shape index (κ1) is 15.6. The Bertz CT molecular complexity index is 576. The summed E-state index contributed by atoms with van der Waals surface area (Å²) in [6.07, 6.45) is 2.95. The third-order valence-electron chi connectivity index (χ3n) is 2.75. The molecule has 6 heteroatoms. The lowest BCUT2D eigenvalue weighted by Gasteiger charge is -2.09. The maximum atomic E-state index is 9.03. The summed E-state index contributed by atoms with van der Waals surface area (Å²) in [6.45, 7) is 2.98. The SMILES string of the molecule is CCCNc1cc(Oc2ccc(CO)cc2)nc(SC)n1. The number of hydrogen-bond donors (Lipinski definition) is 2. The van der Waals surface area contributed by atoms with E-state index in [9.17, 15) is 0 Å². The largest absolute Gasteiger partial charge is 0.439 e. The van der Waals surface area contributed by atoms with Gasteiger partial charge in [0.2, 0.25) is 5.88 Å². The van der Waals surface area contributed by atoms with Gasteiger partial charge in [-0.2, -0.15) is 4.98 Å². The number of thioether (sulfide) groups is 1. The van der Waals surface area contributed by atoms with Gasteiger partial charge in [-0.05, 0) is 30.4 Å². The summed E-state index contributed by atoms with van der Waals surface area (Å²) in [7, 11) is 0. The fourth-order valence-corrected chi connectivity index (χ4v) is 2.05. The van der Waals surface area contributed by atoms with E-state index in [2.05, 4.69) is 22.2 Å². The second-order valence-electron chi connectivity index (χ2n) is 4.41. The molecule has 2 rings (SSSR count). The van der Waals surface area contributed by atoms with E-state index < -0.39 is 0 Å². The van der Waals surface area contributed by atoms with Crippen LogP contribution in [-0.4, -0.2) is 27.9 Å². The summed E-state index contributed by atoms with van der Waals surface area (Å²) in [4.78, 5) is 8.72. The minimum Gasteiger partial charge on any atom is -0.439 e. The van der Waals surface area contributed by atoms with Gasteiger partial charge in [0.25, 0.3) is 0 Å². The van der Waals surface area contributed by atoms with Gasteiger partial charge in [-0.3, -0.25) is 0 Å². The van der Waals surface area contributed by atoms with E-state index in [1.807, 2.05) is 30.5 Å². The fourth-order valence-electron chi connectivity index (χ4n) is 1.67. The molecule has 1 heterocycles. The van der Waals surface area contributed by atoms with Crippen molar-refractivity contribution in [2.24, 2.45) is 0 Å². The van der Waals surface area contributed by atoms with Crippen LogP contribution in [0.4, 0.5) is 5.82 Å². The second kappa shape index (κ2) is 7.85. The van der Waals surface area contributed by atoms with Crippen LogP contribution in [0.25, 0.3) is 0 Å². The molecule has 1 aromatic heterocycles. The highest BCUT2D eigenvalue weighted by molar-refractivity contribution is 7.98. The number of hydrogen-bond acceptors (Lipinski definition) is 6. The third kappa shape index (κ3) is 4.61. The number of anilines is 1. The highest BCUT2D eigenvalue weighted by Crippen LogP contribution is 2.24. The molecule has 112 valence electrons. The number of nitrogens with one attached hydrogen (secondary N) is 1. The summed E-state index contributed by atoms with van der Waals surface area (Å²) in [6, 6.07) is 9.05. The van der Waals surface area contributed by atoms with Gasteiger partial charge in [-0.15, -0.1) is 0 Å². The monoisotopic (exact) mass is 305 g/mol. The molecule has 0 radical (unpaired) electrons. The van der Waals surface area contributed by atoms with E-state index >= 15 is 0 Å². The van der Waals surface area contributed by atoms with Crippen LogP contribution < -0.4 is 10.1 Å². The van der Waals surface area contributed by atoms with E-state index in [4.69, 9.17) is 9.84 Å². The van der Waals surface area contributed by atoms with Gasteiger partial charge < -0.3 is 15.2 Å². The maximum absolute atomic E-state index is 9.03. The van der Waals surface area contributed by atoms with Crippen molar-refractivity contribution in [3.8, 4) is 11.6 Å². The standard InChI is InChI=1S/C15H19N3O2S/c1-3-8-16-13-9-14(18-15(17-13)21-2)20-12-6-4-11(10-19)5-7-12/h4-7,9,19H,3,8,10H2,1-2H3,(H,16,17,18). The first-order chi connectivity index (χ1) is 10.2. The van der Waals surface area contributed by atoms with Gasteiger partial charge in [-0.1, -0.05) is 30.8 Å². The van der Waals surface area contributed by atoms with Crippen LogP contribution in [-0.2, 0) is 6.61 Å². The quantitative estimate of drug-likeness (QED) is 0.604. The average Bonchev–Trinajstić information content (AvgIpc) is 2.53. The Morgan fingerprint density at radius 3 is 2.62 bits per heavy atom. The molecule has 0 saturated carbocycles. The van der Waals surface area contributed by atoms with Crippen molar-refractivity contribution in [3.05, 3.63) is 35.9 Å². The molecule has 0 fully saturated rings. The van der Waals surface area contributed by atoms with Gasteiger partial charge in [0.05, 0.1) is 6.61 Å². The molecule has 0 spiro atoms. The topological polar surface area (TPSA) is 67.3 Å². The number of benzene rings is 1. The van der Waals surface area contributed by atoms with Crippen molar-refractivity contribution in [3.63, 3.8) is 0 Å². The minimum atomic E-state index is 0.0233. The van der Waals surface area contributed by atoms with Crippen molar-refractivity contribution < 1.29 is 9.84 Å². The van der Waals surface area contributed by atoms with Crippen LogP contribution in [0.15, 0.2) is 35.5 Å². The molecule has 1 aromatic carbocycles. The zero-order valence-corrected chi connectivity index (χ0v) is 13.0. The highest BCUT2D eigenvalue weighted by Gasteiger charge is 2.06. The van der Waals surface area contributed by atoms with Gasteiger partial charge >= 0.3 is 0 Å². The van der Waals surface area contributed by atoms with Crippen LogP contribution in [0.5, 0.6) is 11.6 Å². The summed E-state index contributed by atoms with van der Waals surface area (Å²) in [5.41, 5.74) is 0.847. The second-order valence-corrected chi connectivity index (χ2v) is 5.18. The number of ether oxygens (including phenoxy) is 1. The van der Waals surface area contributed by atoms with Crippen LogP contribution in [0.3, 0.4) is 0 Å². The van der Waals surface area contributed by atoms with Crippen LogP contribution >= 0.6 is 11.8 Å². The van der Waals surface area contributed by atoms with Crippen LogP contribution in [0, 0.1) is 0 Å². The predicted molar refractivity (Wildman–Crippen MR) is 85.0 cm³/mol. The zero-order valence-electron chi connectivity index (χ0n) is 12.2. The first-order valence-corrected chi connectivity index (χ1v) is 8.02. The fraction of sp³-hybridized carbons (Fsp3) is 0.333. The molecule has 5 nitrogen and oxygen atoms in total. The summed E-state index contributed by atoms with van der Waals surface area (Å²) in [5, 5.41) is 12.9. The Morgan fingerprint density at radius 2 is 2.00 bits per heavy atom.